The molecule has 2 aromatic carbocycles. The van der Waals surface area contributed by atoms with E-state index in [2.05, 4.69) is 39.9 Å². The van der Waals surface area contributed by atoms with Gasteiger partial charge < -0.3 is 10.6 Å². The third-order valence-corrected chi connectivity index (χ3v) is 5.05. The lowest BCUT2D eigenvalue weighted by Gasteiger charge is -2.30. The molecular weight excluding hydrogens is 386 g/mol. The first-order valence-corrected chi connectivity index (χ1v) is 10.5. The van der Waals surface area contributed by atoms with Gasteiger partial charge in [0.25, 0.3) is 0 Å². The lowest BCUT2D eigenvalue weighted by atomic mass is 9.86. The molecule has 31 heavy (non-hydrogen) atoms. The summed E-state index contributed by atoms with van der Waals surface area (Å²) < 4.78 is 0. The van der Waals surface area contributed by atoms with E-state index in [4.69, 9.17) is 0 Å². The molecule has 0 radical (unpaired) electrons. The number of aryl methyl sites for hydroxylation is 1. The first kappa shape index (κ1) is 22.2. The summed E-state index contributed by atoms with van der Waals surface area (Å²) in [7, 11) is 0. The van der Waals surface area contributed by atoms with Gasteiger partial charge in [-0.05, 0) is 40.7 Å². The number of anilines is 1. The summed E-state index contributed by atoms with van der Waals surface area (Å²) >= 11 is 0. The van der Waals surface area contributed by atoms with Gasteiger partial charge in [0.05, 0.1) is 0 Å². The summed E-state index contributed by atoms with van der Waals surface area (Å²) in [5.74, 6) is 0.0458. The summed E-state index contributed by atoms with van der Waals surface area (Å²) in [4.78, 5) is 29.5. The van der Waals surface area contributed by atoms with Crippen molar-refractivity contribution >= 4 is 17.6 Å². The Kier molecular flexibility index (Phi) is 7.19. The smallest absolute Gasteiger partial charge is 0.248 e. The largest absolute Gasteiger partial charge is 0.344 e. The van der Waals surface area contributed by atoms with Crippen molar-refractivity contribution in [2.24, 2.45) is 5.41 Å². The summed E-state index contributed by atoms with van der Waals surface area (Å²) in [6.45, 7) is 5.79. The second-order valence-corrected chi connectivity index (χ2v) is 8.63. The number of rotatable bonds is 7. The normalized spacial score (nSPS) is 12.1. The van der Waals surface area contributed by atoms with E-state index in [0.717, 1.165) is 11.1 Å². The van der Waals surface area contributed by atoms with Crippen LogP contribution >= 0.6 is 0 Å². The van der Waals surface area contributed by atoms with Gasteiger partial charge in [0, 0.05) is 12.6 Å². The second-order valence-electron chi connectivity index (χ2n) is 8.63. The van der Waals surface area contributed by atoms with Crippen LogP contribution in [0.15, 0.2) is 79.0 Å². The summed E-state index contributed by atoms with van der Waals surface area (Å²) in [5, 5.41) is 5.69. The van der Waals surface area contributed by atoms with E-state index in [1.54, 1.807) is 24.4 Å². The predicted molar refractivity (Wildman–Crippen MR) is 124 cm³/mol. The predicted octanol–water partition coefficient (Wildman–Crippen LogP) is 4.85. The average molecular weight is 416 g/mol. The maximum absolute atomic E-state index is 12.8. The molecular formula is C26H29N3O2. The topological polar surface area (TPSA) is 71.1 Å². The van der Waals surface area contributed by atoms with Crippen LogP contribution in [-0.4, -0.2) is 22.8 Å². The molecule has 2 N–H and O–H groups in total. The number of amides is 2. The number of carbonyl (C=O) groups excluding carboxylic acids is 2. The van der Waals surface area contributed by atoms with Gasteiger partial charge >= 0.3 is 0 Å². The first-order chi connectivity index (χ1) is 14.8. The van der Waals surface area contributed by atoms with E-state index in [1.807, 2.05) is 51.1 Å². The van der Waals surface area contributed by atoms with Crippen LogP contribution in [0.1, 0.15) is 32.8 Å². The Morgan fingerprint density at radius 1 is 0.871 bits per heavy atom. The number of benzene rings is 2. The van der Waals surface area contributed by atoms with Gasteiger partial charge in [-0.3, -0.25) is 9.59 Å². The molecule has 5 nitrogen and oxygen atoms in total. The average Bonchev–Trinajstić information content (AvgIpc) is 2.77. The van der Waals surface area contributed by atoms with Crippen molar-refractivity contribution in [3.05, 3.63) is 84.6 Å². The van der Waals surface area contributed by atoms with Crippen molar-refractivity contribution in [3.8, 4) is 11.1 Å². The zero-order valence-electron chi connectivity index (χ0n) is 18.3. The van der Waals surface area contributed by atoms with Crippen LogP contribution in [0, 0.1) is 5.41 Å². The fourth-order valence-electron chi connectivity index (χ4n) is 3.30. The Labute approximate surface area is 183 Å². The number of pyridine rings is 1. The molecule has 3 rings (SSSR count). The molecule has 3 aromatic rings. The van der Waals surface area contributed by atoms with Crippen LogP contribution in [0.25, 0.3) is 11.1 Å². The molecule has 5 heteroatoms. The van der Waals surface area contributed by atoms with Gasteiger partial charge in [-0.2, -0.15) is 0 Å². The molecule has 0 saturated heterocycles. The number of nitrogens with one attached hydrogen (secondary N) is 2. The van der Waals surface area contributed by atoms with Crippen LogP contribution in [0.3, 0.4) is 0 Å². The van der Waals surface area contributed by atoms with Gasteiger partial charge in [0.15, 0.2) is 0 Å². The zero-order valence-corrected chi connectivity index (χ0v) is 18.3. The lowest BCUT2D eigenvalue weighted by Crippen LogP contribution is -2.51. The Bertz CT molecular complexity index is 994. The fraction of sp³-hybridized carbons (Fsp3) is 0.269. The summed E-state index contributed by atoms with van der Waals surface area (Å²) in [6.07, 6.45) is 2.54. The highest BCUT2D eigenvalue weighted by molar-refractivity contribution is 5.97. The summed E-state index contributed by atoms with van der Waals surface area (Å²) in [5.41, 5.74) is 2.96. The van der Waals surface area contributed by atoms with Crippen LogP contribution in [0.5, 0.6) is 0 Å². The molecule has 0 bridgehead atoms. The molecule has 0 unspecified atom stereocenters. The van der Waals surface area contributed by atoms with Crippen molar-refractivity contribution in [1.29, 1.82) is 0 Å². The molecule has 1 aromatic heterocycles. The van der Waals surface area contributed by atoms with E-state index in [9.17, 15) is 9.59 Å². The van der Waals surface area contributed by atoms with Crippen molar-refractivity contribution in [3.63, 3.8) is 0 Å². The van der Waals surface area contributed by atoms with Gasteiger partial charge in [0.2, 0.25) is 11.8 Å². The minimum Gasteiger partial charge on any atom is -0.344 e. The molecule has 0 saturated carbocycles. The monoisotopic (exact) mass is 415 g/mol. The fourth-order valence-corrected chi connectivity index (χ4v) is 3.30. The number of nitrogens with zero attached hydrogens (tertiary/aromatic N) is 1. The molecule has 0 aliphatic carbocycles. The van der Waals surface area contributed by atoms with E-state index in [1.165, 1.54) is 5.56 Å². The van der Waals surface area contributed by atoms with Crippen LogP contribution in [-0.2, 0) is 16.0 Å². The number of aromatic nitrogens is 1. The zero-order chi connectivity index (χ0) is 22.3. The minimum absolute atomic E-state index is 0.150. The lowest BCUT2D eigenvalue weighted by molar-refractivity contribution is -0.128. The maximum Gasteiger partial charge on any atom is 0.248 e. The molecule has 0 spiro atoms. The molecule has 1 heterocycles. The minimum atomic E-state index is -0.664. The van der Waals surface area contributed by atoms with Gasteiger partial charge in [0.1, 0.15) is 11.9 Å². The van der Waals surface area contributed by atoms with Crippen LogP contribution in [0.2, 0.25) is 0 Å². The standard InChI is InChI=1S/C26H29N3O2/c1-26(2,3)24(25(31)28-22-11-7-8-18-27-22)29-23(30)17-14-19-12-15-21(16-13-19)20-9-5-4-6-10-20/h4-13,15-16,18,24H,14,17H2,1-3H3,(H,29,30)(H,27,28,31)/t24-/m1/s1. The molecule has 0 aliphatic rings. The van der Waals surface area contributed by atoms with E-state index < -0.39 is 11.5 Å². The molecule has 160 valence electrons. The van der Waals surface area contributed by atoms with Crippen LogP contribution < -0.4 is 10.6 Å². The van der Waals surface area contributed by atoms with Crippen molar-refractivity contribution in [1.82, 2.24) is 10.3 Å². The highest BCUT2D eigenvalue weighted by Crippen LogP contribution is 2.22. The Hall–Kier alpha value is -3.47. The highest BCUT2D eigenvalue weighted by Gasteiger charge is 2.32. The quantitative estimate of drug-likeness (QED) is 0.579. The van der Waals surface area contributed by atoms with Gasteiger partial charge in [-0.25, -0.2) is 4.98 Å². The Morgan fingerprint density at radius 2 is 1.52 bits per heavy atom. The molecule has 2 amide bonds. The number of hydrogen-bond donors (Lipinski definition) is 2. The van der Waals surface area contributed by atoms with Crippen LogP contribution in [0.4, 0.5) is 5.82 Å². The number of hydrogen-bond acceptors (Lipinski definition) is 3. The molecule has 0 fully saturated rings. The third kappa shape index (κ3) is 6.51. The Balaban J connectivity index is 1.57. The van der Waals surface area contributed by atoms with E-state index in [-0.39, 0.29) is 11.8 Å². The molecule has 0 aliphatic heterocycles. The molecule has 1 atom stereocenters. The first-order valence-electron chi connectivity index (χ1n) is 10.5. The highest BCUT2D eigenvalue weighted by atomic mass is 16.2. The summed E-state index contributed by atoms with van der Waals surface area (Å²) in [6, 6.07) is 23.1. The van der Waals surface area contributed by atoms with E-state index >= 15 is 0 Å². The van der Waals surface area contributed by atoms with Gasteiger partial charge in [-0.1, -0.05) is 81.4 Å². The second kappa shape index (κ2) is 10.0. The Morgan fingerprint density at radius 3 is 2.13 bits per heavy atom. The third-order valence-electron chi connectivity index (χ3n) is 5.05. The number of carbonyl (C=O) groups is 2. The van der Waals surface area contributed by atoms with Crippen molar-refractivity contribution in [2.75, 3.05) is 5.32 Å². The van der Waals surface area contributed by atoms with Crippen molar-refractivity contribution < 1.29 is 9.59 Å². The van der Waals surface area contributed by atoms with E-state index in [0.29, 0.717) is 18.7 Å². The van der Waals surface area contributed by atoms with Gasteiger partial charge in [-0.15, -0.1) is 0 Å². The van der Waals surface area contributed by atoms with Crippen molar-refractivity contribution in [2.45, 2.75) is 39.7 Å². The maximum atomic E-state index is 12.8. The SMILES string of the molecule is CC(C)(C)[C@H](NC(=O)CCc1ccc(-c2ccccc2)cc1)C(=O)Nc1ccccn1.